The van der Waals surface area contributed by atoms with Crippen LogP contribution in [0.15, 0.2) is 18.2 Å². The maximum Gasteiger partial charge on any atom is 0.0423 e. The van der Waals surface area contributed by atoms with Gasteiger partial charge < -0.3 is 16.0 Å². The molecule has 2 heterocycles. The van der Waals surface area contributed by atoms with Crippen LogP contribution in [0, 0.1) is 5.41 Å². The van der Waals surface area contributed by atoms with Crippen LogP contribution in [0.2, 0.25) is 0 Å². The van der Waals surface area contributed by atoms with Crippen molar-refractivity contribution < 1.29 is 0 Å². The van der Waals surface area contributed by atoms with Crippen molar-refractivity contribution in [2.45, 2.75) is 18.9 Å². The highest BCUT2D eigenvalue weighted by molar-refractivity contribution is 5.86. The summed E-state index contributed by atoms with van der Waals surface area (Å²) in [5.41, 5.74) is 8.66. The minimum Gasteiger partial charge on any atom is -0.398 e. The van der Waals surface area contributed by atoms with Crippen LogP contribution in [-0.4, -0.2) is 43.3 Å². The molecule has 0 radical (unpaired) electrons. The molecule has 0 bridgehead atoms. The lowest BCUT2D eigenvalue weighted by atomic mass is 10.1. The Bertz CT molecular complexity index is 457. The zero-order chi connectivity index (χ0) is 12.5. The molecule has 1 aromatic carbocycles. The van der Waals surface area contributed by atoms with Crippen LogP contribution in [0.5, 0.6) is 0 Å². The van der Waals surface area contributed by atoms with Crippen molar-refractivity contribution in [3.63, 3.8) is 0 Å². The van der Waals surface area contributed by atoms with Gasteiger partial charge in [0.2, 0.25) is 0 Å². The summed E-state index contributed by atoms with van der Waals surface area (Å²) < 4.78 is 0. The molecule has 3 N–H and O–H groups in total. The Labute approximate surface area is 108 Å². The van der Waals surface area contributed by atoms with Crippen LogP contribution in [0.3, 0.4) is 0 Å². The summed E-state index contributed by atoms with van der Waals surface area (Å²) in [4.78, 5) is 5.03. The molecule has 2 saturated heterocycles. The Hall–Kier alpha value is -1.55. The summed E-state index contributed by atoms with van der Waals surface area (Å²) in [5, 5.41) is 7.27. The quantitative estimate of drug-likeness (QED) is 0.613. The van der Waals surface area contributed by atoms with E-state index in [4.69, 9.17) is 11.1 Å². The van der Waals surface area contributed by atoms with E-state index in [1.54, 1.807) is 0 Å². The van der Waals surface area contributed by atoms with Crippen molar-refractivity contribution >= 4 is 17.6 Å². The fourth-order valence-electron chi connectivity index (χ4n) is 3.12. The van der Waals surface area contributed by atoms with Crippen molar-refractivity contribution in [2.24, 2.45) is 0 Å². The smallest absolute Gasteiger partial charge is 0.0423 e. The molecule has 4 heteroatoms. The van der Waals surface area contributed by atoms with Gasteiger partial charge in [0.15, 0.2) is 0 Å². The number of rotatable bonds is 2. The van der Waals surface area contributed by atoms with Gasteiger partial charge in [-0.1, -0.05) is 0 Å². The van der Waals surface area contributed by atoms with Gasteiger partial charge in [0.25, 0.3) is 0 Å². The van der Waals surface area contributed by atoms with Crippen molar-refractivity contribution in [3.8, 4) is 0 Å². The molecule has 2 aliphatic rings. The van der Waals surface area contributed by atoms with E-state index in [9.17, 15) is 0 Å². The Kier molecular flexibility index (Phi) is 2.96. The summed E-state index contributed by atoms with van der Waals surface area (Å²) in [6.07, 6.45) is 3.98. The highest BCUT2D eigenvalue weighted by Gasteiger charge is 2.30. The molecule has 1 unspecified atom stereocenters. The SMILES string of the molecule is N=Cc1ccc(N2CCN3CCCC3C2)cc1N. The maximum atomic E-state index is 7.27. The number of hydrogen-bond acceptors (Lipinski definition) is 4. The van der Waals surface area contributed by atoms with E-state index in [0.29, 0.717) is 5.69 Å². The molecule has 2 aliphatic heterocycles. The summed E-state index contributed by atoms with van der Waals surface area (Å²) >= 11 is 0. The van der Waals surface area contributed by atoms with Crippen molar-refractivity contribution in [1.29, 1.82) is 5.41 Å². The molecule has 0 saturated carbocycles. The standard InChI is InChI=1S/C14H20N4/c15-9-11-3-4-12(8-14(11)16)18-7-6-17-5-1-2-13(17)10-18/h3-4,8-9,13,15H,1-2,5-7,10,16H2. The summed E-state index contributed by atoms with van der Waals surface area (Å²) in [6.45, 7) is 4.63. The van der Waals surface area contributed by atoms with E-state index in [-0.39, 0.29) is 0 Å². The summed E-state index contributed by atoms with van der Waals surface area (Å²) in [7, 11) is 0. The molecule has 0 amide bonds. The Balaban J connectivity index is 1.78. The van der Waals surface area contributed by atoms with Crippen LogP contribution < -0.4 is 10.6 Å². The number of benzene rings is 1. The summed E-state index contributed by atoms with van der Waals surface area (Å²) in [5.74, 6) is 0. The minimum absolute atomic E-state index is 0.705. The maximum absolute atomic E-state index is 7.27. The van der Waals surface area contributed by atoms with E-state index in [1.807, 2.05) is 12.1 Å². The molecule has 4 nitrogen and oxygen atoms in total. The van der Waals surface area contributed by atoms with Crippen LogP contribution in [0.25, 0.3) is 0 Å². The molecule has 0 aromatic heterocycles. The number of piperazine rings is 1. The number of nitrogens with one attached hydrogen (secondary N) is 1. The number of anilines is 2. The second kappa shape index (κ2) is 4.61. The van der Waals surface area contributed by atoms with Gasteiger partial charge in [-0.25, -0.2) is 0 Å². The average Bonchev–Trinajstić information content (AvgIpc) is 2.85. The number of nitrogens with two attached hydrogens (primary N) is 1. The Morgan fingerprint density at radius 3 is 2.94 bits per heavy atom. The van der Waals surface area contributed by atoms with E-state index >= 15 is 0 Å². The molecule has 0 aliphatic carbocycles. The highest BCUT2D eigenvalue weighted by atomic mass is 15.3. The van der Waals surface area contributed by atoms with Gasteiger partial charge in [-0.15, -0.1) is 0 Å². The van der Waals surface area contributed by atoms with Gasteiger partial charge in [0.1, 0.15) is 0 Å². The van der Waals surface area contributed by atoms with Gasteiger partial charge in [0.05, 0.1) is 0 Å². The molecule has 18 heavy (non-hydrogen) atoms. The summed E-state index contributed by atoms with van der Waals surface area (Å²) in [6, 6.07) is 6.76. The topological polar surface area (TPSA) is 56.4 Å². The first-order valence-corrected chi connectivity index (χ1v) is 6.67. The minimum atomic E-state index is 0.705. The highest BCUT2D eigenvalue weighted by Crippen LogP contribution is 2.27. The van der Waals surface area contributed by atoms with E-state index in [0.717, 1.165) is 31.2 Å². The predicted molar refractivity (Wildman–Crippen MR) is 75.5 cm³/mol. The van der Waals surface area contributed by atoms with Gasteiger partial charge in [-0.3, -0.25) is 4.90 Å². The van der Waals surface area contributed by atoms with Crippen LogP contribution in [0.1, 0.15) is 18.4 Å². The van der Waals surface area contributed by atoms with Crippen LogP contribution in [0.4, 0.5) is 11.4 Å². The lowest BCUT2D eigenvalue weighted by Crippen LogP contribution is -2.50. The zero-order valence-electron chi connectivity index (χ0n) is 10.6. The lowest BCUT2D eigenvalue weighted by molar-refractivity contribution is 0.231. The average molecular weight is 244 g/mol. The van der Waals surface area contributed by atoms with Crippen LogP contribution in [-0.2, 0) is 0 Å². The van der Waals surface area contributed by atoms with Crippen molar-refractivity contribution in [3.05, 3.63) is 23.8 Å². The number of nitrogens with zero attached hydrogens (tertiary/aromatic N) is 2. The lowest BCUT2D eigenvalue weighted by Gasteiger charge is -2.39. The third-order valence-corrected chi connectivity index (χ3v) is 4.18. The molecule has 2 fully saturated rings. The second-order valence-electron chi connectivity index (χ2n) is 5.24. The Morgan fingerprint density at radius 2 is 2.17 bits per heavy atom. The fourth-order valence-corrected chi connectivity index (χ4v) is 3.12. The molecular formula is C14H20N4. The zero-order valence-corrected chi connectivity index (χ0v) is 10.6. The monoisotopic (exact) mass is 244 g/mol. The molecule has 0 spiro atoms. The van der Waals surface area contributed by atoms with Gasteiger partial charge in [-0.2, -0.15) is 0 Å². The molecular weight excluding hydrogens is 224 g/mol. The molecule has 1 atom stereocenters. The van der Waals surface area contributed by atoms with Crippen molar-refractivity contribution in [1.82, 2.24) is 4.90 Å². The number of nitrogen functional groups attached to an aromatic ring is 1. The third kappa shape index (κ3) is 1.97. The number of fused-ring (bicyclic) bond motifs is 1. The molecule has 3 rings (SSSR count). The van der Waals surface area contributed by atoms with Crippen LogP contribution >= 0.6 is 0 Å². The first kappa shape index (κ1) is 11.5. The first-order chi connectivity index (χ1) is 8.78. The predicted octanol–water partition coefficient (Wildman–Crippen LogP) is 1.55. The third-order valence-electron chi connectivity index (χ3n) is 4.18. The van der Waals surface area contributed by atoms with Crippen molar-refractivity contribution in [2.75, 3.05) is 36.8 Å². The number of hydrogen-bond donors (Lipinski definition) is 2. The fraction of sp³-hybridized carbons (Fsp3) is 0.500. The first-order valence-electron chi connectivity index (χ1n) is 6.67. The van der Waals surface area contributed by atoms with Gasteiger partial charge in [0, 0.05) is 48.8 Å². The molecule has 1 aromatic rings. The van der Waals surface area contributed by atoms with E-state index in [1.165, 1.54) is 31.3 Å². The molecule has 96 valence electrons. The Morgan fingerprint density at radius 1 is 1.28 bits per heavy atom. The van der Waals surface area contributed by atoms with Gasteiger partial charge >= 0.3 is 0 Å². The normalized spacial score (nSPS) is 24.0. The second-order valence-corrected chi connectivity index (χ2v) is 5.24. The van der Waals surface area contributed by atoms with E-state index < -0.39 is 0 Å². The van der Waals surface area contributed by atoms with Gasteiger partial charge in [-0.05, 0) is 37.6 Å². The van der Waals surface area contributed by atoms with E-state index in [2.05, 4.69) is 15.9 Å². The largest absolute Gasteiger partial charge is 0.398 e.